The number of hydrogen-bond donors (Lipinski definition) is 2. The second-order valence-corrected chi connectivity index (χ2v) is 4.23. The van der Waals surface area contributed by atoms with Gasteiger partial charge in [0.1, 0.15) is 0 Å². The zero-order valence-corrected chi connectivity index (χ0v) is 8.41. The number of nitrogens with zero attached hydrogens (tertiary/aromatic N) is 1. The summed E-state index contributed by atoms with van der Waals surface area (Å²) in [4.78, 5) is 13.7. The molecule has 2 heterocycles. The fraction of sp³-hybridized carbons (Fsp3) is 0.900. The van der Waals surface area contributed by atoms with Crippen molar-refractivity contribution in [1.29, 1.82) is 0 Å². The Balaban J connectivity index is 1.87. The van der Waals surface area contributed by atoms with Gasteiger partial charge in [-0.25, -0.2) is 0 Å². The predicted octanol–water partition coefficient (Wildman–Crippen LogP) is -0.278. The third-order valence-corrected chi connectivity index (χ3v) is 3.08. The van der Waals surface area contributed by atoms with E-state index in [-0.39, 0.29) is 18.1 Å². The summed E-state index contributed by atoms with van der Waals surface area (Å²) in [6.45, 7) is 2.20. The number of hydrogen-bond acceptors (Lipinski definition) is 3. The highest BCUT2D eigenvalue weighted by Gasteiger charge is 2.30. The number of piperidine rings is 1. The molecule has 2 atom stereocenters. The Bertz CT molecular complexity index is 207. The molecule has 0 aromatic rings. The summed E-state index contributed by atoms with van der Waals surface area (Å²) < 4.78 is 0. The first kappa shape index (κ1) is 9.93. The quantitative estimate of drug-likeness (QED) is 0.609. The topological polar surface area (TPSA) is 52.6 Å². The molecule has 0 bridgehead atoms. The summed E-state index contributed by atoms with van der Waals surface area (Å²) >= 11 is 0. The van der Waals surface area contributed by atoms with Crippen LogP contribution in [0.25, 0.3) is 0 Å². The van der Waals surface area contributed by atoms with Crippen LogP contribution in [0, 0.1) is 0 Å². The van der Waals surface area contributed by atoms with Crippen LogP contribution >= 0.6 is 0 Å². The van der Waals surface area contributed by atoms with Crippen molar-refractivity contribution in [2.24, 2.45) is 0 Å². The Morgan fingerprint density at radius 2 is 2.21 bits per heavy atom. The van der Waals surface area contributed by atoms with Gasteiger partial charge in [-0.1, -0.05) is 6.42 Å². The average molecular weight is 198 g/mol. The maximum atomic E-state index is 11.9. The van der Waals surface area contributed by atoms with Gasteiger partial charge in [0.15, 0.2) is 0 Å². The number of rotatable bonds is 1. The van der Waals surface area contributed by atoms with E-state index in [0.29, 0.717) is 6.54 Å². The Morgan fingerprint density at radius 3 is 2.79 bits per heavy atom. The van der Waals surface area contributed by atoms with E-state index in [1.54, 1.807) is 4.90 Å². The smallest absolute Gasteiger partial charge is 0.239 e. The second-order valence-electron chi connectivity index (χ2n) is 4.23. The minimum atomic E-state index is -0.303. The summed E-state index contributed by atoms with van der Waals surface area (Å²) in [5.41, 5.74) is 0. The summed E-state index contributed by atoms with van der Waals surface area (Å²) in [5.74, 6) is 0.182. The minimum absolute atomic E-state index is 0.00838. The van der Waals surface area contributed by atoms with E-state index in [4.69, 9.17) is 0 Å². The highest BCUT2D eigenvalue weighted by Crippen LogP contribution is 2.14. The molecule has 1 unspecified atom stereocenters. The Hall–Kier alpha value is -0.610. The predicted molar refractivity (Wildman–Crippen MR) is 52.8 cm³/mol. The first-order chi connectivity index (χ1) is 6.77. The molecule has 0 radical (unpaired) electrons. The van der Waals surface area contributed by atoms with Gasteiger partial charge in [0.2, 0.25) is 5.91 Å². The molecule has 4 nitrogen and oxygen atoms in total. The lowest BCUT2D eigenvalue weighted by atomic mass is 10.0. The van der Waals surface area contributed by atoms with Crippen molar-refractivity contribution in [2.45, 2.75) is 37.8 Å². The molecule has 2 fully saturated rings. The Morgan fingerprint density at radius 1 is 1.36 bits per heavy atom. The maximum Gasteiger partial charge on any atom is 0.239 e. The van der Waals surface area contributed by atoms with E-state index in [1.807, 2.05) is 0 Å². The highest BCUT2D eigenvalue weighted by molar-refractivity contribution is 5.82. The van der Waals surface area contributed by atoms with Crippen molar-refractivity contribution < 1.29 is 9.90 Å². The number of nitrogens with one attached hydrogen (secondary N) is 1. The second kappa shape index (κ2) is 4.28. The van der Waals surface area contributed by atoms with Gasteiger partial charge in [-0.05, 0) is 25.8 Å². The molecule has 4 heteroatoms. The first-order valence-electron chi connectivity index (χ1n) is 5.47. The van der Waals surface area contributed by atoms with E-state index >= 15 is 0 Å². The van der Waals surface area contributed by atoms with Gasteiger partial charge in [0, 0.05) is 13.1 Å². The van der Waals surface area contributed by atoms with Crippen LogP contribution in [0.2, 0.25) is 0 Å². The SMILES string of the molecule is O=C([C@@H]1CCCCN1)N1CCC(O)C1. The fourth-order valence-electron chi connectivity index (χ4n) is 2.22. The number of likely N-dealkylation sites (tertiary alicyclic amines) is 1. The molecule has 80 valence electrons. The minimum Gasteiger partial charge on any atom is -0.391 e. The molecule has 1 amide bonds. The summed E-state index contributed by atoms with van der Waals surface area (Å²) in [6, 6.07) is 0.00838. The van der Waals surface area contributed by atoms with E-state index in [9.17, 15) is 9.90 Å². The molecule has 0 spiro atoms. The zero-order valence-electron chi connectivity index (χ0n) is 8.41. The van der Waals surface area contributed by atoms with Gasteiger partial charge in [-0.15, -0.1) is 0 Å². The normalized spacial score (nSPS) is 33.4. The lowest BCUT2D eigenvalue weighted by Crippen LogP contribution is -2.48. The number of aliphatic hydroxyl groups is 1. The van der Waals surface area contributed by atoms with Crippen LogP contribution in [0.5, 0.6) is 0 Å². The Kier molecular flexibility index (Phi) is 3.03. The summed E-state index contributed by atoms with van der Waals surface area (Å²) in [7, 11) is 0. The van der Waals surface area contributed by atoms with Crippen LogP contribution in [0.4, 0.5) is 0 Å². The van der Waals surface area contributed by atoms with Gasteiger partial charge < -0.3 is 15.3 Å². The molecule has 2 aliphatic rings. The van der Waals surface area contributed by atoms with Gasteiger partial charge in [0.25, 0.3) is 0 Å². The molecule has 2 rings (SSSR count). The van der Waals surface area contributed by atoms with Crippen LogP contribution in [-0.2, 0) is 4.79 Å². The first-order valence-corrected chi connectivity index (χ1v) is 5.47. The molecular formula is C10H18N2O2. The van der Waals surface area contributed by atoms with E-state index in [0.717, 1.165) is 32.4 Å². The highest BCUT2D eigenvalue weighted by atomic mass is 16.3. The summed E-state index contributed by atoms with van der Waals surface area (Å²) in [5, 5.41) is 12.6. The Labute approximate surface area is 84.3 Å². The number of aliphatic hydroxyl groups excluding tert-OH is 1. The average Bonchev–Trinajstić information content (AvgIpc) is 2.65. The molecule has 0 saturated carbocycles. The standard InChI is InChI=1S/C10H18N2O2/c13-8-4-6-12(7-8)10(14)9-3-1-2-5-11-9/h8-9,11,13H,1-7H2/t8?,9-/m0/s1. The summed E-state index contributed by atoms with van der Waals surface area (Å²) in [6.07, 6.45) is 3.69. The monoisotopic (exact) mass is 198 g/mol. The number of β-amino-alcohol motifs (C(OH)–C–C–N with tert-alkyl or cyclic N) is 1. The lowest BCUT2D eigenvalue weighted by Gasteiger charge is -2.27. The molecule has 0 aliphatic carbocycles. The van der Waals surface area contributed by atoms with Crippen molar-refractivity contribution >= 4 is 5.91 Å². The third-order valence-electron chi connectivity index (χ3n) is 3.08. The van der Waals surface area contributed by atoms with E-state index in [1.165, 1.54) is 6.42 Å². The molecule has 2 aliphatic heterocycles. The molecule has 14 heavy (non-hydrogen) atoms. The molecular weight excluding hydrogens is 180 g/mol. The molecule has 0 aromatic carbocycles. The van der Waals surface area contributed by atoms with Crippen molar-refractivity contribution in [3.05, 3.63) is 0 Å². The van der Waals surface area contributed by atoms with E-state index in [2.05, 4.69) is 5.32 Å². The van der Waals surface area contributed by atoms with Gasteiger partial charge in [-0.2, -0.15) is 0 Å². The van der Waals surface area contributed by atoms with Crippen LogP contribution in [-0.4, -0.2) is 47.7 Å². The van der Waals surface area contributed by atoms with Crippen molar-refractivity contribution in [2.75, 3.05) is 19.6 Å². The lowest BCUT2D eigenvalue weighted by molar-refractivity contribution is -0.133. The van der Waals surface area contributed by atoms with Crippen molar-refractivity contribution in [3.8, 4) is 0 Å². The fourth-order valence-corrected chi connectivity index (χ4v) is 2.22. The van der Waals surface area contributed by atoms with Crippen LogP contribution in [0.3, 0.4) is 0 Å². The van der Waals surface area contributed by atoms with Gasteiger partial charge in [0.05, 0.1) is 12.1 Å². The number of amides is 1. The largest absolute Gasteiger partial charge is 0.391 e. The van der Waals surface area contributed by atoms with Gasteiger partial charge >= 0.3 is 0 Å². The maximum absolute atomic E-state index is 11.9. The van der Waals surface area contributed by atoms with Gasteiger partial charge in [-0.3, -0.25) is 4.79 Å². The van der Waals surface area contributed by atoms with Crippen molar-refractivity contribution in [1.82, 2.24) is 10.2 Å². The zero-order chi connectivity index (χ0) is 9.97. The third kappa shape index (κ3) is 2.07. The van der Waals surface area contributed by atoms with Crippen LogP contribution in [0.1, 0.15) is 25.7 Å². The number of carbonyl (C=O) groups is 1. The van der Waals surface area contributed by atoms with Crippen LogP contribution in [0.15, 0.2) is 0 Å². The number of carbonyl (C=O) groups excluding carboxylic acids is 1. The molecule has 2 saturated heterocycles. The molecule has 0 aromatic heterocycles. The van der Waals surface area contributed by atoms with E-state index < -0.39 is 0 Å². The van der Waals surface area contributed by atoms with Crippen LogP contribution < -0.4 is 5.32 Å². The van der Waals surface area contributed by atoms with Crippen molar-refractivity contribution in [3.63, 3.8) is 0 Å². The molecule has 2 N–H and O–H groups in total.